The number of carbonyl (C=O) groups excluding carboxylic acids is 3. The van der Waals surface area contributed by atoms with Crippen LogP contribution in [-0.2, 0) is 19.1 Å². The molecule has 1 saturated heterocycles. The number of morpholine rings is 1. The van der Waals surface area contributed by atoms with Gasteiger partial charge in [-0.1, -0.05) is 19.9 Å². The summed E-state index contributed by atoms with van der Waals surface area (Å²) in [5, 5.41) is 45.8. The molecule has 1 amide bonds. The van der Waals surface area contributed by atoms with Crippen LogP contribution in [0.3, 0.4) is 0 Å². The van der Waals surface area contributed by atoms with Gasteiger partial charge in [0.15, 0.2) is 11.4 Å². The Morgan fingerprint density at radius 1 is 1.13 bits per heavy atom. The van der Waals surface area contributed by atoms with Gasteiger partial charge in [-0.05, 0) is 37.6 Å². The number of anilines is 1. The molecule has 4 aliphatic rings. The molecule has 0 spiro atoms. The second kappa shape index (κ2) is 8.82. The Labute approximate surface area is 219 Å². The van der Waals surface area contributed by atoms with E-state index >= 15 is 0 Å². The fourth-order valence-electron chi connectivity index (χ4n) is 7.15. The molecule has 3 aliphatic carbocycles. The number of rotatable bonds is 3. The van der Waals surface area contributed by atoms with Gasteiger partial charge in [-0.2, -0.15) is 0 Å². The van der Waals surface area contributed by atoms with E-state index in [-0.39, 0.29) is 16.9 Å². The van der Waals surface area contributed by atoms with Crippen molar-refractivity contribution in [3.63, 3.8) is 0 Å². The van der Waals surface area contributed by atoms with Crippen LogP contribution in [0.25, 0.3) is 5.76 Å². The van der Waals surface area contributed by atoms with Crippen LogP contribution >= 0.6 is 0 Å². The van der Waals surface area contributed by atoms with Gasteiger partial charge < -0.3 is 35.8 Å². The van der Waals surface area contributed by atoms with Crippen molar-refractivity contribution in [3.8, 4) is 5.75 Å². The molecule has 11 heteroatoms. The van der Waals surface area contributed by atoms with Gasteiger partial charge in [0.05, 0.1) is 30.5 Å². The van der Waals surface area contributed by atoms with Gasteiger partial charge in [0.1, 0.15) is 22.8 Å². The molecule has 2 fully saturated rings. The summed E-state index contributed by atoms with van der Waals surface area (Å²) >= 11 is 0. The molecule has 0 unspecified atom stereocenters. The van der Waals surface area contributed by atoms with Crippen LogP contribution in [0.15, 0.2) is 29.0 Å². The SMILES string of the molecule is C[C@H]1[C@H]2C(=C(O)c3c(ccc(N4CCOCC4)c3O)[C@@H]2C)C(=O)[C@]2(O)C(O)=C(C(N)=O)C(=O)[C@@H](N(C)C)[C@H]12. The number of phenols is 1. The van der Waals surface area contributed by atoms with Crippen molar-refractivity contribution in [2.45, 2.75) is 31.4 Å². The van der Waals surface area contributed by atoms with Gasteiger partial charge in [-0.15, -0.1) is 0 Å². The van der Waals surface area contributed by atoms with Crippen LogP contribution in [0, 0.1) is 17.8 Å². The first-order chi connectivity index (χ1) is 17.8. The van der Waals surface area contributed by atoms with Gasteiger partial charge in [0, 0.05) is 30.5 Å². The van der Waals surface area contributed by atoms with Gasteiger partial charge in [-0.25, -0.2) is 0 Å². The zero-order valence-electron chi connectivity index (χ0n) is 21.8. The maximum atomic E-state index is 14.1. The molecule has 0 radical (unpaired) electrons. The van der Waals surface area contributed by atoms with Crippen molar-refractivity contribution in [3.05, 3.63) is 40.2 Å². The van der Waals surface area contributed by atoms with E-state index in [9.17, 15) is 34.8 Å². The summed E-state index contributed by atoms with van der Waals surface area (Å²) < 4.78 is 5.40. The third kappa shape index (κ3) is 3.28. The smallest absolute Gasteiger partial charge is 0.255 e. The molecule has 11 nitrogen and oxygen atoms in total. The summed E-state index contributed by atoms with van der Waals surface area (Å²) in [6, 6.07) is 2.46. The van der Waals surface area contributed by atoms with E-state index in [1.807, 2.05) is 17.9 Å². The molecule has 5 rings (SSSR count). The molecule has 204 valence electrons. The number of benzene rings is 1. The number of amides is 1. The van der Waals surface area contributed by atoms with E-state index in [1.54, 1.807) is 27.1 Å². The number of aliphatic hydroxyl groups is 3. The molecule has 0 bridgehead atoms. The van der Waals surface area contributed by atoms with Crippen LogP contribution in [-0.4, -0.2) is 94.8 Å². The van der Waals surface area contributed by atoms with Crippen molar-refractivity contribution in [1.29, 1.82) is 0 Å². The Morgan fingerprint density at radius 3 is 2.34 bits per heavy atom. The topological polar surface area (TPSA) is 174 Å². The Hall–Kier alpha value is -3.41. The van der Waals surface area contributed by atoms with Crippen molar-refractivity contribution in [2.24, 2.45) is 23.5 Å². The quantitative estimate of drug-likeness (QED) is 0.350. The minimum Gasteiger partial charge on any atom is -0.508 e. The minimum absolute atomic E-state index is 0.0879. The summed E-state index contributed by atoms with van der Waals surface area (Å²) in [6.07, 6.45) is 0. The number of hydrogen-bond donors (Lipinski definition) is 5. The Balaban J connectivity index is 1.75. The first-order valence-electron chi connectivity index (χ1n) is 12.7. The Kier molecular flexibility index (Phi) is 6.08. The number of hydrogen-bond acceptors (Lipinski definition) is 10. The number of likely N-dealkylation sites (N-methyl/N-ethyl adjacent to an activating group) is 1. The summed E-state index contributed by atoms with van der Waals surface area (Å²) in [4.78, 5) is 43.0. The lowest BCUT2D eigenvalue weighted by atomic mass is 9.51. The highest BCUT2D eigenvalue weighted by Gasteiger charge is 2.67. The maximum absolute atomic E-state index is 14.1. The first-order valence-corrected chi connectivity index (χ1v) is 12.7. The number of aliphatic hydroxyl groups excluding tert-OH is 2. The van der Waals surface area contributed by atoms with E-state index in [1.165, 1.54) is 4.90 Å². The van der Waals surface area contributed by atoms with Crippen molar-refractivity contribution < 1.29 is 39.5 Å². The molecule has 0 aromatic heterocycles. The van der Waals surface area contributed by atoms with E-state index in [4.69, 9.17) is 10.5 Å². The van der Waals surface area contributed by atoms with Crippen molar-refractivity contribution in [2.75, 3.05) is 45.3 Å². The molecular weight excluding hydrogens is 494 g/mol. The fraction of sp³-hybridized carbons (Fsp3) is 0.519. The summed E-state index contributed by atoms with van der Waals surface area (Å²) in [5.74, 6) is -7.64. The van der Waals surface area contributed by atoms with Gasteiger partial charge in [0.2, 0.25) is 5.78 Å². The second-order valence-electron chi connectivity index (χ2n) is 10.9. The number of carbonyl (C=O) groups is 3. The van der Waals surface area contributed by atoms with E-state index in [0.717, 1.165) is 0 Å². The lowest BCUT2D eigenvalue weighted by Crippen LogP contribution is -2.68. The van der Waals surface area contributed by atoms with E-state index in [2.05, 4.69) is 0 Å². The van der Waals surface area contributed by atoms with Gasteiger partial charge in [0.25, 0.3) is 5.91 Å². The maximum Gasteiger partial charge on any atom is 0.255 e. The van der Waals surface area contributed by atoms with Crippen LogP contribution in [0.4, 0.5) is 5.69 Å². The van der Waals surface area contributed by atoms with Crippen molar-refractivity contribution in [1.82, 2.24) is 4.90 Å². The molecular formula is C27H33N3O8. The number of nitrogens with two attached hydrogens (primary N) is 1. The third-order valence-corrected chi connectivity index (χ3v) is 8.86. The molecule has 1 aromatic rings. The van der Waals surface area contributed by atoms with Crippen LogP contribution in [0.5, 0.6) is 5.75 Å². The molecule has 38 heavy (non-hydrogen) atoms. The zero-order chi connectivity index (χ0) is 27.8. The normalized spacial score (nSPS) is 33.3. The predicted molar refractivity (Wildman–Crippen MR) is 137 cm³/mol. The van der Waals surface area contributed by atoms with Crippen LogP contribution in [0.1, 0.15) is 30.9 Å². The van der Waals surface area contributed by atoms with Gasteiger partial charge in [-0.3, -0.25) is 19.3 Å². The first kappa shape index (κ1) is 26.2. The lowest BCUT2D eigenvalue weighted by molar-refractivity contribution is -0.160. The summed E-state index contributed by atoms with van der Waals surface area (Å²) in [7, 11) is 3.16. The number of Topliss-reactive ketones (excluding diaryl/α,β-unsaturated/α-hetero) is 2. The van der Waals surface area contributed by atoms with Crippen LogP contribution < -0.4 is 10.6 Å². The Morgan fingerprint density at radius 2 is 1.76 bits per heavy atom. The third-order valence-electron chi connectivity index (χ3n) is 8.86. The van der Waals surface area contributed by atoms with Crippen molar-refractivity contribution >= 4 is 28.9 Å². The largest absolute Gasteiger partial charge is 0.508 e. The number of phenolic OH excluding ortho intramolecular Hbond substituents is 1. The lowest BCUT2D eigenvalue weighted by Gasteiger charge is -2.54. The molecule has 1 aliphatic heterocycles. The van der Waals surface area contributed by atoms with Gasteiger partial charge >= 0.3 is 0 Å². The number of nitrogens with zero attached hydrogens (tertiary/aromatic N) is 2. The number of primary amides is 1. The average Bonchev–Trinajstić information content (AvgIpc) is 2.86. The van der Waals surface area contributed by atoms with Crippen LogP contribution in [0.2, 0.25) is 0 Å². The predicted octanol–water partition coefficient (Wildman–Crippen LogP) is 0.608. The number of aromatic hydroxyl groups is 1. The molecule has 6 N–H and O–H groups in total. The molecule has 1 saturated carbocycles. The second-order valence-corrected chi connectivity index (χ2v) is 10.9. The number of fused-ring (bicyclic) bond motifs is 3. The summed E-state index contributed by atoms with van der Waals surface area (Å²) in [5.41, 5.74) is 2.92. The highest BCUT2D eigenvalue weighted by molar-refractivity contribution is 6.24. The number of ketones is 2. The zero-order valence-corrected chi connectivity index (χ0v) is 21.8. The standard InChI is InChI=1S/C27H33N3O8/c1-11-13-5-6-14(30-7-9-38-10-8-30)21(31)16(13)22(32)17-15(11)12(2)19-20(29(3)4)23(33)18(26(28)36)25(35)27(19,37)24(17)34/h5-6,11-12,15,19-20,31-32,35,37H,7-10H2,1-4H3,(H2,28,36)/t11-,12-,15-,19-,20-,27-/m0/s1. The Bertz CT molecular complexity index is 1310. The summed E-state index contributed by atoms with van der Waals surface area (Å²) in [6.45, 7) is 5.63. The fourth-order valence-corrected chi connectivity index (χ4v) is 7.15. The molecule has 1 aromatic carbocycles. The van der Waals surface area contributed by atoms with E-state index < -0.39 is 69.9 Å². The number of ether oxygens (including phenoxy) is 1. The highest BCUT2D eigenvalue weighted by Crippen LogP contribution is 2.59. The monoisotopic (exact) mass is 527 g/mol. The van der Waals surface area contributed by atoms with E-state index in [0.29, 0.717) is 37.6 Å². The average molecular weight is 528 g/mol. The highest BCUT2D eigenvalue weighted by atomic mass is 16.5. The molecule has 6 atom stereocenters. The minimum atomic E-state index is -2.68. The molecule has 1 heterocycles.